The van der Waals surface area contributed by atoms with E-state index in [4.69, 9.17) is 9.18 Å². The van der Waals surface area contributed by atoms with Gasteiger partial charge in [-0.25, -0.2) is 19.9 Å². The van der Waals surface area contributed by atoms with Crippen LogP contribution in [0.1, 0.15) is 12.8 Å². The van der Waals surface area contributed by atoms with Crippen molar-refractivity contribution in [3.63, 3.8) is 0 Å². The van der Waals surface area contributed by atoms with Crippen LogP contribution in [0.25, 0.3) is 11.0 Å². The van der Waals surface area contributed by atoms with Crippen molar-refractivity contribution in [2.45, 2.75) is 27.9 Å². The summed E-state index contributed by atoms with van der Waals surface area (Å²) in [6.07, 6.45) is 5.95. The van der Waals surface area contributed by atoms with Gasteiger partial charge < -0.3 is 4.18 Å². The van der Waals surface area contributed by atoms with Crippen LogP contribution in [0.5, 0.6) is 0 Å². The van der Waals surface area contributed by atoms with Crippen molar-refractivity contribution in [1.82, 2.24) is 15.0 Å². The minimum Gasteiger partial charge on any atom is -0.383 e. The van der Waals surface area contributed by atoms with Gasteiger partial charge in [-0.15, -0.1) is 11.8 Å². The minimum atomic E-state index is -3.93. The van der Waals surface area contributed by atoms with Crippen LogP contribution in [0.4, 0.5) is 5.82 Å². The van der Waals surface area contributed by atoms with E-state index in [1.165, 1.54) is 18.5 Å². The molecule has 9 heteroatoms. The molecule has 2 heterocycles. The van der Waals surface area contributed by atoms with Gasteiger partial charge in [0.25, 0.3) is 0 Å². The summed E-state index contributed by atoms with van der Waals surface area (Å²) in [6.45, 7) is 0. The predicted octanol–water partition coefficient (Wildman–Crippen LogP) is 5.34. The normalized spacial score (nSPS) is 17.5. The quantitative estimate of drug-likeness (QED) is 0.338. The Morgan fingerprint density at radius 1 is 0.912 bits per heavy atom. The smallest absolute Gasteiger partial charge is 0.338 e. The van der Waals surface area contributed by atoms with E-state index in [0.717, 1.165) is 10.3 Å². The van der Waals surface area contributed by atoms with Gasteiger partial charge in [0, 0.05) is 23.6 Å². The fourth-order valence-electron chi connectivity index (χ4n) is 3.57. The van der Waals surface area contributed by atoms with Crippen molar-refractivity contribution < 1.29 is 12.6 Å². The third-order valence-electron chi connectivity index (χ3n) is 5.18. The molecule has 2 aromatic heterocycles. The third-order valence-corrected chi connectivity index (χ3v) is 7.77. The number of pyridine rings is 1. The number of benzene rings is 2. The molecule has 0 N–H and O–H groups in total. The zero-order chi connectivity index (χ0) is 23.4. The number of aromatic nitrogens is 3. The monoisotopic (exact) mass is 488 g/mol. The topological polar surface area (TPSA) is 94.4 Å². The summed E-state index contributed by atoms with van der Waals surface area (Å²) in [5, 5.41) is 0.718. The molecule has 1 aliphatic carbocycles. The molecule has 0 bridgehead atoms. The highest BCUT2D eigenvalue weighted by atomic mass is 32.2. The predicted molar refractivity (Wildman–Crippen MR) is 133 cm³/mol. The first kappa shape index (κ1) is 22.2. The van der Waals surface area contributed by atoms with Gasteiger partial charge in [0.15, 0.2) is 11.5 Å². The van der Waals surface area contributed by atoms with E-state index in [-0.39, 0.29) is 10.1 Å². The molecule has 5 rings (SSSR count). The van der Waals surface area contributed by atoms with Crippen LogP contribution in [0.2, 0.25) is 0 Å². The Morgan fingerprint density at radius 2 is 1.68 bits per heavy atom. The first-order chi connectivity index (χ1) is 16.6. The van der Waals surface area contributed by atoms with Crippen LogP contribution in [-0.2, 0) is 14.3 Å². The summed E-state index contributed by atoms with van der Waals surface area (Å²) in [6, 6.07) is 21.8. The Morgan fingerprint density at radius 3 is 2.47 bits per heavy atom. The molecule has 7 nitrogen and oxygen atoms in total. The molecule has 0 amide bonds. The molecule has 4 aromatic rings. The molecule has 0 spiro atoms. The Kier molecular flexibility index (Phi) is 6.37. The van der Waals surface area contributed by atoms with E-state index in [1.54, 1.807) is 42.2 Å². The van der Waals surface area contributed by atoms with Gasteiger partial charge in [-0.2, -0.15) is 8.42 Å². The van der Waals surface area contributed by atoms with Crippen LogP contribution in [0, 0.1) is 0 Å². The standard InChI is InChI=1S/C25H20N4O3S2/c30-34(31,20-10-5-2-6-11-20)32-18-13-14-23(33-19-8-3-1-4-9-19)22(16-18)29-25-21-12-7-15-26-24(21)27-17-28-25/h1-12,15-17,23H,13-14H2. The largest absolute Gasteiger partial charge is 0.383 e. The number of thioether (sulfide) groups is 1. The Labute approximate surface area is 201 Å². The number of hydrogen-bond donors (Lipinski definition) is 0. The average Bonchev–Trinajstić information content (AvgIpc) is 2.87. The fourth-order valence-corrected chi connectivity index (χ4v) is 5.69. The minimum absolute atomic E-state index is 0.00383. The van der Waals surface area contributed by atoms with Gasteiger partial charge in [-0.3, -0.25) is 0 Å². The van der Waals surface area contributed by atoms with Crippen molar-refractivity contribution in [2.75, 3.05) is 0 Å². The lowest BCUT2D eigenvalue weighted by Crippen LogP contribution is -2.22. The SMILES string of the molecule is O=S(=O)(OC1=CC(=Nc2ncnc3ncccc23)C(Sc2ccccc2)CC1)c1ccccc1. The van der Waals surface area contributed by atoms with E-state index in [9.17, 15) is 8.42 Å². The Bertz CT molecular complexity index is 1470. The summed E-state index contributed by atoms with van der Waals surface area (Å²) in [4.78, 5) is 18.9. The van der Waals surface area contributed by atoms with Crippen molar-refractivity contribution in [3.05, 3.63) is 97.2 Å². The van der Waals surface area contributed by atoms with Gasteiger partial charge >= 0.3 is 10.1 Å². The van der Waals surface area contributed by atoms with E-state index in [2.05, 4.69) is 15.0 Å². The van der Waals surface area contributed by atoms with Gasteiger partial charge in [-0.1, -0.05) is 36.4 Å². The van der Waals surface area contributed by atoms with Crippen molar-refractivity contribution >= 4 is 44.4 Å². The van der Waals surface area contributed by atoms with Gasteiger partial charge in [0.1, 0.15) is 17.0 Å². The van der Waals surface area contributed by atoms with E-state index in [1.807, 2.05) is 42.5 Å². The summed E-state index contributed by atoms with van der Waals surface area (Å²) >= 11 is 1.67. The summed E-state index contributed by atoms with van der Waals surface area (Å²) < 4.78 is 31.1. The molecule has 170 valence electrons. The maximum Gasteiger partial charge on any atom is 0.338 e. The van der Waals surface area contributed by atoms with Gasteiger partial charge in [0.05, 0.1) is 16.3 Å². The van der Waals surface area contributed by atoms with Crippen LogP contribution in [0.3, 0.4) is 0 Å². The highest BCUT2D eigenvalue weighted by Gasteiger charge is 2.26. The molecule has 34 heavy (non-hydrogen) atoms. The maximum absolute atomic E-state index is 12.8. The maximum atomic E-state index is 12.8. The van der Waals surface area contributed by atoms with Gasteiger partial charge in [0.2, 0.25) is 0 Å². The molecule has 1 atom stereocenters. The number of aliphatic imine (C=N–C) groups is 1. The van der Waals surface area contributed by atoms with Crippen molar-refractivity contribution in [3.8, 4) is 0 Å². The second-order valence-electron chi connectivity index (χ2n) is 7.53. The molecule has 0 fully saturated rings. The molecular formula is C25H20N4O3S2. The van der Waals surface area contributed by atoms with E-state index < -0.39 is 10.1 Å². The summed E-state index contributed by atoms with van der Waals surface area (Å²) in [5.41, 5.74) is 1.23. The van der Waals surface area contributed by atoms with Gasteiger partial charge in [-0.05, 0) is 42.8 Å². The molecule has 0 aliphatic heterocycles. The molecule has 1 unspecified atom stereocenters. The number of allylic oxidation sites excluding steroid dienone is 2. The lowest BCUT2D eigenvalue weighted by molar-refractivity contribution is 0.386. The second-order valence-corrected chi connectivity index (χ2v) is 10.4. The first-order valence-electron chi connectivity index (χ1n) is 10.6. The summed E-state index contributed by atoms with van der Waals surface area (Å²) in [7, 11) is -3.93. The number of rotatable bonds is 6. The number of nitrogens with zero attached hydrogens (tertiary/aromatic N) is 4. The average molecular weight is 489 g/mol. The first-order valence-corrected chi connectivity index (χ1v) is 12.9. The molecule has 1 aliphatic rings. The molecule has 0 radical (unpaired) electrons. The highest BCUT2D eigenvalue weighted by molar-refractivity contribution is 8.00. The van der Waals surface area contributed by atoms with E-state index >= 15 is 0 Å². The van der Waals surface area contributed by atoms with Crippen LogP contribution in [-0.4, -0.2) is 34.3 Å². The lowest BCUT2D eigenvalue weighted by Gasteiger charge is -2.23. The number of fused-ring (bicyclic) bond motifs is 1. The van der Waals surface area contributed by atoms with E-state index in [0.29, 0.717) is 35.8 Å². The van der Waals surface area contributed by atoms with Crippen molar-refractivity contribution in [2.24, 2.45) is 4.99 Å². The number of hydrogen-bond acceptors (Lipinski definition) is 8. The summed E-state index contributed by atoms with van der Waals surface area (Å²) in [5.74, 6) is 0.833. The zero-order valence-corrected chi connectivity index (χ0v) is 19.6. The van der Waals surface area contributed by atoms with Crippen LogP contribution < -0.4 is 0 Å². The third kappa shape index (κ3) is 5.00. The molecule has 2 aromatic carbocycles. The van der Waals surface area contributed by atoms with Crippen LogP contribution >= 0.6 is 11.8 Å². The molecule has 0 saturated heterocycles. The highest BCUT2D eigenvalue weighted by Crippen LogP contribution is 2.34. The fraction of sp³-hybridized carbons (Fsp3) is 0.120. The molecule has 0 saturated carbocycles. The molecular weight excluding hydrogens is 468 g/mol. The lowest BCUT2D eigenvalue weighted by atomic mass is 10.0. The van der Waals surface area contributed by atoms with Crippen LogP contribution in [0.15, 0.2) is 112 Å². The second kappa shape index (κ2) is 9.74. The Hall–Kier alpha value is -3.56. The van der Waals surface area contributed by atoms with Crippen molar-refractivity contribution in [1.29, 1.82) is 0 Å². The zero-order valence-electron chi connectivity index (χ0n) is 18.0. The Balaban J connectivity index is 1.53.